The van der Waals surface area contributed by atoms with Gasteiger partial charge in [-0.05, 0) is 0 Å². The molecule has 2 N–H and O–H groups in total. The fourth-order valence-electron chi connectivity index (χ4n) is 3.64. The summed E-state index contributed by atoms with van der Waals surface area (Å²) < 4.78 is 48.1. The highest BCUT2D eigenvalue weighted by Gasteiger charge is 2.51. The van der Waals surface area contributed by atoms with Crippen LogP contribution in [-0.4, -0.2) is 127 Å². The van der Waals surface area contributed by atoms with Crippen molar-refractivity contribution in [1.29, 1.82) is 0 Å². The molecule has 0 aromatic carbocycles. The lowest BCUT2D eigenvalue weighted by Crippen LogP contribution is -2.66. The number of hydrogen-bond donors (Lipinski definition) is 2. The van der Waals surface area contributed by atoms with Gasteiger partial charge in [-0.3, -0.25) is 24.0 Å². The van der Waals surface area contributed by atoms with Gasteiger partial charge >= 0.3 is 17.9 Å². The first-order valence-electron chi connectivity index (χ1n) is 13.1. The maximum Gasteiger partial charge on any atom is 0.303 e. The SMILES string of the molecule is COCOCCC(=O)NCCOCCOCCOC1OC(COC(C)=O)C(OC(C)=O)C(OC(C)=O)C1NC(C)=O. The van der Waals surface area contributed by atoms with Crippen LogP contribution in [0.2, 0.25) is 0 Å². The van der Waals surface area contributed by atoms with Crippen molar-refractivity contribution in [2.24, 2.45) is 0 Å². The number of rotatable bonds is 20. The normalized spacial score (nSPS) is 21.9. The lowest BCUT2D eigenvalue weighted by Gasteiger charge is -2.44. The summed E-state index contributed by atoms with van der Waals surface area (Å²) in [5, 5.41) is 5.31. The van der Waals surface area contributed by atoms with Crippen molar-refractivity contribution in [1.82, 2.24) is 10.6 Å². The van der Waals surface area contributed by atoms with Crippen LogP contribution < -0.4 is 10.6 Å². The van der Waals surface area contributed by atoms with Gasteiger partial charge in [0, 0.05) is 41.3 Å². The van der Waals surface area contributed by atoms with Crippen LogP contribution in [0, 0.1) is 0 Å². The van der Waals surface area contributed by atoms with Gasteiger partial charge in [-0.2, -0.15) is 0 Å². The van der Waals surface area contributed by atoms with Crippen molar-refractivity contribution in [2.45, 2.75) is 64.8 Å². The molecular weight excluding hydrogens is 552 g/mol. The Bertz CT molecular complexity index is 826. The van der Waals surface area contributed by atoms with Crippen molar-refractivity contribution in [3.8, 4) is 0 Å². The number of methoxy groups -OCH3 is 1. The topological polar surface area (TPSA) is 192 Å². The summed E-state index contributed by atoms with van der Waals surface area (Å²) in [7, 11) is 1.50. The van der Waals surface area contributed by atoms with Gasteiger partial charge in [0.2, 0.25) is 11.8 Å². The second-order valence-corrected chi connectivity index (χ2v) is 8.73. The largest absolute Gasteiger partial charge is 0.463 e. The van der Waals surface area contributed by atoms with Gasteiger partial charge in [-0.15, -0.1) is 0 Å². The van der Waals surface area contributed by atoms with Crippen molar-refractivity contribution >= 4 is 29.7 Å². The summed E-state index contributed by atoms with van der Waals surface area (Å²) in [5.74, 6) is -2.64. The molecule has 2 amide bonds. The van der Waals surface area contributed by atoms with Crippen LogP contribution in [0.1, 0.15) is 34.1 Å². The van der Waals surface area contributed by atoms with E-state index in [9.17, 15) is 24.0 Å². The maximum atomic E-state index is 11.9. The predicted octanol–water partition coefficient (Wildman–Crippen LogP) is -1.18. The summed E-state index contributed by atoms with van der Waals surface area (Å²) >= 11 is 0. The third-order valence-corrected chi connectivity index (χ3v) is 5.20. The lowest BCUT2D eigenvalue weighted by molar-refractivity contribution is -0.279. The van der Waals surface area contributed by atoms with E-state index in [0.717, 1.165) is 13.8 Å². The quantitative estimate of drug-likeness (QED) is 0.0740. The van der Waals surface area contributed by atoms with E-state index in [4.69, 9.17) is 42.6 Å². The first-order valence-corrected chi connectivity index (χ1v) is 13.1. The molecule has 16 heteroatoms. The van der Waals surface area contributed by atoms with Crippen molar-refractivity contribution < 1.29 is 66.6 Å². The molecule has 0 aromatic heterocycles. The number of amides is 2. The second kappa shape index (κ2) is 20.9. The molecule has 0 spiro atoms. The number of ether oxygens (including phenoxy) is 9. The Balaban J connectivity index is 2.57. The van der Waals surface area contributed by atoms with Crippen molar-refractivity contribution in [3.63, 3.8) is 0 Å². The predicted molar refractivity (Wildman–Crippen MR) is 137 cm³/mol. The number of carbonyl (C=O) groups excluding carboxylic acids is 5. The minimum Gasteiger partial charge on any atom is -0.463 e. The zero-order chi connectivity index (χ0) is 30.6. The first kappa shape index (κ1) is 36.1. The zero-order valence-corrected chi connectivity index (χ0v) is 24.2. The molecule has 0 aromatic rings. The summed E-state index contributed by atoms with van der Waals surface area (Å²) in [6.07, 6.45) is -4.41. The molecule has 1 fully saturated rings. The van der Waals surface area contributed by atoms with E-state index in [1.807, 2.05) is 0 Å². The molecule has 0 aliphatic carbocycles. The van der Waals surface area contributed by atoms with Crippen LogP contribution in [0.25, 0.3) is 0 Å². The highest BCUT2D eigenvalue weighted by atomic mass is 16.7. The van der Waals surface area contributed by atoms with E-state index in [1.165, 1.54) is 21.0 Å². The van der Waals surface area contributed by atoms with E-state index in [1.54, 1.807) is 0 Å². The van der Waals surface area contributed by atoms with E-state index >= 15 is 0 Å². The molecule has 236 valence electrons. The molecule has 5 unspecified atom stereocenters. The Morgan fingerprint density at radius 2 is 1.39 bits per heavy atom. The number of hydrogen-bond acceptors (Lipinski definition) is 14. The molecule has 41 heavy (non-hydrogen) atoms. The number of nitrogens with one attached hydrogen (secondary N) is 2. The Morgan fingerprint density at radius 3 is 2.00 bits per heavy atom. The van der Waals surface area contributed by atoms with Gasteiger partial charge < -0.3 is 53.3 Å². The summed E-state index contributed by atoms with van der Waals surface area (Å²) in [4.78, 5) is 58.6. The molecule has 0 radical (unpaired) electrons. The van der Waals surface area contributed by atoms with Gasteiger partial charge in [-0.25, -0.2) is 0 Å². The summed E-state index contributed by atoms with van der Waals surface area (Å²) in [6.45, 7) is 6.09. The molecule has 1 rings (SSSR count). The molecule has 1 saturated heterocycles. The van der Waals surface area contributed by atoms with Crippen LogP contribution in [0.3, 0.4) is 0 Å². The standard InChI is InChI=1S/C25H42N2O14/c1-16(28)27-22-24(40-19(4)31)23(39-18(3)30)20(14-38-17(2)29)41-25(22)37-13-12-35-11-10-34-9-7-26-21(32)6-8-36-15-33-5/h20,22-25H,6-15H2,1-5H3,(H,26,32)(H,27,28). The van der Waals surface area contributed by atoms with Gasteiger partial charge in [0.05, 0.1) is 46.1 Å². The number of carbonyl (C=O) groups is 5. The lowest BCUT2D eigenvalue weighted by atomic mass is 9.96. The molecule has 5 atom stereocenters. The van der Waals surface area contributed by atoms with E-state index in [-0.39, 0.29) is 58.8 Å². The average molecular weight is 595 g/mol. The summed E-state index contributed by atoms with van der Waals surface area (Å²) in [5.41, 5.74) is 0. The number of esters is 3. The van der Waals surface area contributed by atoms with Crippen LogP contribution in [-0.2, 0) is 66.6 Å². The van der Waals surface area contributed by atoms with Gasteiger partial charge in [-0.1, -0.05) is 0 Å². The second-order valence-electron chi connectivity index (χ2n) is 8.73. The molecule has 1 heterocycles. The first-order chi connectivity index (χ1) is 19.5. The molecular formula is C25H42N2O14. The van der Waals surface area contributed by atoms with Gasteiger partial charge in [0.15, 0.2) is 18.5 Å². The fourth-order valence-corrected chi connectivity index (χ4v) is 3.64. The van der Waals surface area contributed by atoms with E-state index in [2.05, 4.69) is 10.6 Å². The van der Waals surface area contributed by atoms with Crippen molar-refractivity contribution in [2.75, 3.05) is 66.7 Å². The van der Waals surface area contributed by atoms with Crippen molar-refractivity contribution in [3.05, 3.63) is 0 Å². The van der Waals surface area contributed by atoms with Crippen LogP contribution in [0.15, 0.2) is 0 Å². The van der Waals surface area contributed by atoms with Crippen LogP contribution in [0.5, 0.6) is 0 Å². The smallest absolute Gasteiger partial charge is 0.303 e. The Morgan fingerprint density at radius 1 is 0.756 bits per heavy atom. The maximum absolute atomic E-state index is 11.9. The molecule has 0 bridgehead atoms. The minimum absolute atomic E-state index is 0.00720. The van der Waals surface area contributed by atoms with Crippen LogP contribution >= 0.6 is 0 Å². The van der Waals surface area contributed by atoms with Gasteiger partial charge in [0.1, 0.15) is 25.5 Å². The molecule has 1 aliphatic heterocycles. The van der Waals surface area contributed by atoms with E-state index in [0.29, 0.717) is 13.2 Å². The van der Waals surface area contributed by atoms with E-state index < -0.39 is 54.5 Å². The Hall–Kier alpha value is -2.89. The third-order valence-electron chi connectivity index (χ3n) is 5.20. The highest BCUT2D eigenvalue weighted by Crippen LogP contribution is 2.28. The Kier molecular flexibility index (Phi) is 18.4. The minimum atomic E-state index is -1.20. The fraction of sp³-hybridized carbons (Fsp3) is 0.800. The Labute approximate surface area is 238 Å². The summed E-state index contributed by atoms with van der Waals surface area (Å²) in [6, 6.07) is -1.06. The molecule has 0 saturated carbocycles. The van der Waals surface area contributed by atoms with Crippen LogP contribution in [0.4, 0.5) is 0 Å². The van der Waals surface area contributed by atoms with Gasteiger partial charge in [0.25, 0.3) is 0 Å². The molecule has 16 nitrogen and oxygen atoms in total. The average Bonchev–Trinajstić information content (AvgIpc) is 2.88. The zero-order valence-electron chi connectivity index (χ0n) is 24.2. The monoisotopic (exact) mass is 594 g/mol. The third kappa shape index (κ3) is 16.2. The highest BCUT2D eigenvalue weighted by molar-refractivity contribution is 5.76. The molecule has 1 aliphatic rings.